The molecule has 33 heavy (non-hydrogen) atoms. The first-order valence-electron chi connectivity index (χ1n) is 11.3. The Kier molecular flexibility index (Phi) is 7.36. The number of hydrogen-bond donors (Lipinski definition) is 3. The van der Waals surface area contributed by atoms with Gasteiger partial charge in [-0.05, 0) is 42.8 Å². The van der Waals surface area contributed by atoms with E-state index in [0.717, 1.165) is 48.2 Å². The molecule has 1 aromatic heterocycles. The minimum atomic E-state index is -0.657. The molecule has 0 saturated carbocycles. The second-order valence-electron chi connectivity index (χ2n) is 8.48. The van der Waals surface area contributed by atoms with E-state index in [9.17, 15) is 14.0 Å². The normalized spacial score (nSPS) is 15.9. The quantitative estimate of drug-likeness (QED) is 0.481. The number of H-pyrrole nitrogens is 1. The van der Waals surface area contributed by atoms with Crippen LogP contribution in [0, 0.1) is 5.82 Å². The number of para-hydroxylation sites is 1. The van der Waals surface area contributed by atoms with Crippen molar-refractivity contribution in [1.29, 1.82) is 0 Å². The SMILES string of the molecule is CN1CCN(C(CNC(=O)C(=O)NCCc2c[nH]c3ccccc23)c2ccc(F)cc2)CC1. The van der Waals surface area contributed by atoms with Gasteiger partial charge in [0, 0.05) is 56.4 Å². The number of fused-ring (bicyclic) bond motifs is 1. The number of rotatable bonds is 7. The van der Waals surface area contributed by atoms with Crippen LogP contribution in [0.4, 0.5) is 4.39 Å². The van der Waals surface area contributed by atoms with Crippen LogP contribution in [-0.2, 0) is 16.0 Å². The Morgan fingerprint density at radius 3 is 2.45 bits per heavy atom. The highest BCUT2D eigenvalue weighted by Gasteiger charge is 2.25. The maximum atomic E-state index is 13.4. The van der Waals surface area contributed by atoms with Crippen LogP contribution in [0.5, 0.6) is 0 Å². The Morgan fingerprint density at radius 1 is 1.00 bits per heavy atom. The monoisotopic (exact) mass is 451 g/mol. The number of carbonyl (C=O) groups is 2. The minimum Gasteiger partial charge on any atom is -0.361 e. The third-order valence-electron chi connectivity index (χ3n) is 6.25. The van der Waals surface area contributed by atoms with Crippen LogP contribution in [0.1, 0.15) is 17.2 Å². The van der Waals surface area contributed by atoms with Gasteiger partial charge in [0.15, 0.2) is 0 Å². The molecule has 2 amide bonds. The Labute approximate surface area is 192 Å². The third kappa shape index (κ3) is 5.77. The highest BCUT2D eigenvalue weighted by Crippen LogP contribution is 2.22. The second kappa shape index (κ2) is 10.6. The molecule has 0 aliphatic carbocycles. The van der Waals surface area contributed by atoms with E-state index in [2.05, 4.69) is 32.5 Å². The van der Waals surface area contributed by atoms with E-state index < -0.39 is 11.8 Å². The van der Waals surface area contributed by atoms with Crippen molar-refractivity contribution >= 4 is 22.7 Å². The van der Waals surface area contributed by atoms with Gasteiger partial charge in [0.05, 0.1) is 6.04 Å². The summed E-state index contributed by atoms with van der Waals surface area (Å²) < 4.78 is 13.4. The summed E-state index contributed by atoms with van der Waals surface area (Å²) in [7, 11) is 2.08. The predicted molar refractivity (Wildman–Crippen MR) is 126 cm³/mol. The molecule has 1 aliphatic rings. The average Bonchev–Trinajstić information content (AvgIpc) is 3.24. The van der Waals surface area contributed by atoms with Gasteiger partial charge in [-0.25, -0.2) is 4.39 Å². The zero-order valence-electron chi connectivity index (χ0n) is 18.8. The molecule has 1 fully saturated rings. The fourth-order valence-corrected chi connectivity index (χ4v) is 4.28. The number of aromatic nitrogens is 1. The molecule has 1 saturated heterocycles. The highest BCUT2D eigenvalue weighted by molar-refractivity contribution is 6.35. The molecule has 2 heterocycles. The van der Waals surface area contributed by atoms with Gasteiger partial charge in [-0.1, -0.05) is 30.3 Å². The van der Waals surface area contributed by atoms with Crippen LogP contribution in [0.25, 0.3) is 10.9 Å². The molecule has 3 N–H and O–H groups in total. The largest absolute Gasteiger partial charge is 0.361 e. The number of piperazine rings is 1. The molecule has 0 spiro atoms. The number of nitrogens with one attached hydrogen (secondary N) is 3. The Hall–Kier alpha value is -3.23. The van der Waals surface area contributed by atoms with E-state index in [1.807, 2.05) is 30.5 Å². The molecular weight excluding hydrogens is 421 g/mol. The summed E-state index contributed by atoms with van der Waals surface area (Å²) >= 11 is 0. The van der Waals surface area contributed by atoms with Crippen molar-refractivity contribution < 1.29 is 14.0 Å². The number of carbonyl (C=O) groups excluding carboxylic acids is 2. The number of benzene rings is 2. The first-order valence-corrected chi connectivity index (χ1v) is 11.3. The number of hydrogen-bond acceptors (Lipinski definition) is 4. The van der Waals surface area contributed by atoms with Crippen molar-refractivity contribution in [1.82, 2.24) is 25.4 Å². The van der Waals surface area contributed by atoms with E-state index in [4.69, 9.17) is 0 Å². The number of nitrogens with zero attached hydrogens (tertiary/aromatic N) is 2. The fourth-order valence-electron chi connectivity index (χ4n) is 4.28. The Morgan fingerprint density at radius 2 is 1.70 bits per heavy atom. The zero-order valence-corrected chi connectivity index (χ0v) is 18.8. The Balaban J connectivity index is 1.31. The lowest BCUT2D eigenvalue weighted by Crippen LogP contribution is -2.49. The summed E-state index contributed by atoms with van der Waals surface area (Å²) in [6, 6.07) is 14.2. The van der Waals surface area contributed by atoms with E-state index in [0.29, 0.717) is 13.0 Å². The fraction of sp³-hybridized carbons (Fsp3) is 0.360. The molecule has 8 heteroatoms. The zero-order chi connectivity index (χ0) is 23.2. The molecule has 1 atom stereocenters. The molecule has 7 nitrogen and oxygen atoms in total. The smallest absolute Gasteiger partial charge is 0.309 e. The summed E-state index contributed by atoms with van der Waals surface area (Å²) in [6.07, 6.45) is 2.56. The van der Waals surface area contributed by atoms with Gasteiger partial charge in [-0.2, -0.15) is 0 Å². The molecule has 0 bridgehead atoms. The maximum absolute atomic E-state index is 13.4. The van der Waals surface area contributed by atoms with Crippen molar-refractivity contribution in [2.45, 2.75) is 12.5 Å². The molecule has 0 radical (unpaired) electrons. The molecule has 3 aromatic rings. The van der Waals surface area contributed by atoms with Gasteiger partial charge in [-0.15, -0.1) is 0 Å². The lowest BCUT2D eigenvalue weighted by molar-refractivity contribution is -0.139. The second-order valence-corrected chi connectivity index (χ2v) is 8.48. The van der Waals surface area contributed by atoms with E-state index in [-0.39, 0.29) is 18.4 Å². The Bertz CT molecular complexity index is 1090. The minimum absolute atomic E-state index is 0.123. The summed E-state index contributed by atoms with van der Waals surface area (Å²) in [4.78, 5) is 32.5. The van der Waals surface area contributed by atoms with Gasteiger partial charge < -0.3 is 20.5 Å². The average molecular weight is 452 g/mol. The van der Waals surface area contributed by atoms with Crippen LogP contribution in [0.3, 0.4) is 0 Å². The van der Waals surface area contributed by atoms with Crippen LogP contribution in [-0.4, -0.2) is 72.9 Å². The molecule has 2 aromatic carbocycles. The van der Waals surface area contributed by atoms with Crippen LogP contribution >= 0.6 is 0 Å². The molecule has 1 unspecified atom stereocenters. The van der Waals surface area contributed by atoms with Crippen LogP contribution < -0.4 is 10.6 Å². The first kappa shape index (κ1) is 22.9. The van der Waals surface area contributed by atoms with Gasteiger partial charge in [0.25, 0.3) is 0 Å². The lowest BCUT2D eigenvalue weighted by atomic mass is 10.0. The highest BCUT2D eigenvalue weighted by atomic mass is 19.1. The number of halogens is 1. The predicted octanol–water partition coefficient (Wildman–Crippen LogP) is 2.07. The van der Waals surface area contributed by atoms with Gasteiger partial charge in [0.2, 0.25) is 0 Å². The van der Waals surface area contributed by atoms with Crippen molar-refractivity contribution in [2.24, 2.45) is 0 Å². The summed E-state index contributed by atoms with van der Waals surface area (Å²) in [6.45, 7) is 4.16. The van der Waals surface area contributed by atoms with Crippen molar-refractivity contribution in [3.63, 3.8) is 0 Å². The number of aromatic amines is 1. The van der Waals surface area contributed by atoms with Gasteiger partial charge in [-0.3, -0.25) is 14.5 Å². The van der Waals surface area contributed by atoms with Crippen molar-refractivity contribution in [2.75, 3.05) is 46.3 Å². The van der Waals surface area contributed by atoms with Crippen LogP contribution in [0.15, 0.2) is 54.7 Å². The number of amides is 2. The van der Waals surface area contributed by atoms with Crippen LogP contribution in [0.2, 0.25) is 0 Å². The summed E-state index contributed by atoms with van der Waals surface area (Å²) in [5.74, 6) is -1.60. The molecule has 174 valence electrons. The van der Waals surface area contributed by atoms with Gasteiger partial charge in [0.1, 0.15) is 5.82 Å². The van der Waals surface area contributed by atoms with Crippen molar-refractivity contribution in [3.8, 4) is 0 Å². The third-order valence-corrected chi connectivity index (χ3v) is 6.25. The van der Waals surface area contributed by atoms with E-state index in [1.54, 1.807) is 12.1 Å². The summed E-state index contributed by atoms with van der Waals surface area (Å²) in [5, 5.41) is 6.59. The lowest BCUT2D eigenvalue weighted by Gasteiger charge is -2.38. The van der Waals surface area contributed by atoms with Gasteiger partial charge >= 0.3 is 11.8 Å². The molecular formula is C25H30FN5O2. The molecule has 4 rings (SSSR count). The number of likely N-dealkylation sites (N-methyl/N-ethyl adjacent to an activating group) is 1. The summed E-state index contributed by atoms with van der Waals surface area (Å²) in [5.41, 5.74) is 3.06. The van der Waals surface area contributed by atoms with Crippen molar-refractivity contribution in [3.05, 3.63) is 71.7 Å². The maximum Gasteiger partial charge on any atom is 0.309 e. The molecule has 1 aliphatic heterocycles. The topological polar surface area (TPSA) is 80.5 Å². The first-order chi connectivity index (χ1) is 16.0. The standard InChI is InChI=1S/C25H30FN5O2/c1-30-12-14-31(15-13-30)23(18-6-8-20(26)9-7-18)17-29-25(33)24(32)27-11-10-19-16-28-22-5-3-2-4-21(19)22/h2-9,16,23,28H,10-15,17H2,1H3,(H,27,32)(H,29,33). The van der Waals surface area contributed by atoms with E-state index >= 15 is 0 Å². The van der Waals surface area contributed by atoms with E-state index in [1.165, 1.54) is 12.1 Å².